The van der Waals surface area contributed by atoms with Gasteiger partial charge in [-0.1, -0.05) is 18.7 Å². The van der Waals surface area contributed by atoms with E-state index in [9.17, 15) is 0 Å². The molecule has 0 unspecified atom stereocenters. The summed E-state index contributed by atoms with van der Waals surface area (Å²) in [4.78, 5) is 14.4. The van der Waals surface area contributed by atoms with Crippen LogP contribution >= 0.6 is 0 Å². The molecule has 4 heteroatoms. The van der Waals surface area contributed by atoms with Gasteiger partial charge in [-0.15, -0.1) is 0 Å². The average Bonchev–Trinajstić information content (AvgIpc) is 3.34. The summed E-state index contributed by atoms with van der Waals surface area (Å²) in [6.45, 7) is 4.32. The molecule has 2 fully saturated rings. The summed E-state index contributed by atoms with van der Waals surface area (Å²) in [5, 5.41) is 0. The minimum absolute atomic E-state index is 0.584. The van der Waals surface area contributed by atoms with Gasteiger partial charge in [0, 0.05) is 12.1 Å². The number of aromatic nitrogens is 2. The summed E-state index contributed by atoms with van der Waals surface area (Å²) in [6, 6.07) is 9.29. The van der Waals surface area contributed by atoms with Crippen LogP contribution < -0.4 is 9.80 Å². The largest absolute Gasteiger partial charge is 0.307 e. The fourth-order valence-electron chi connectivity index (χ4n) is 3.10. The quantitative estimate of drug-likeness (QED) is 0.834. The lowest BCUT2D eigenvalue weighted by Gasteiger charge is -2.22. The van der Waals surface area contributed by atoms with Crippen molar-refractivity contribution >= 4 is 22.7 Å². The summed E-state index contributed by atoms with van der Waals surface area (Å²) in [5.74, 6) is 3.12. The van der Waals surface area contributed by atoms with Crippen molar-refractivity contribution < 1.29 is 0 Å². The van der Waals surface area contributed by atoms with Gasteiger partial charge in [-0.3, -0.25) is 0 Å². The van der Waals surface area contributed by atoms with E-state index in [2.05, 4.69) is 16.4 Å². The van der Waals surface area contributed by atoms with Crippen LogP contribution in [0.3, 0.4) is 0 Å². The van der Waals surface area contributed by atoms with Crippen LogP contribution in [0.1, 0.15) is 25.7 Å². The second kappa shape index (κ2) is 3.51. The van der Waals surface area contributed by atoms with E-state index >= 15 is 0 Å². The van der Waals surface area contributed by atoms with Crippen molar-refractivity contribution in [3.63, 3.8) is 0 Å². The van der Waals surface area contributed by atoms with Crippen molar-refractivity contribution in [3.8, 4) is 0 Å². The van der Waals surface area contributed by atoms with Crippen LogP contribution in [-0.2, 0) is 0 Å². The van der Waals surface area contributed by atoms with Gasteiger partial charge in [-0.25, -0.2) is 9.97 Å². The van der Waals surface area contributed by atoms with Gasteiger partial charge >= 0.3 is 0 Å². The molecule has 0 N–H and O–H groups in total. The number of rotatable bonds is 2. The van der Waals surface area contributed by atoms with E-state index in [1.54, 1.807) is 0 Å². The van der Waals surface area contributed by atoms with Crippen molar-refractivity contribution in [2.45, 2.75) is 37.8 Å². The molecular formula is C16H16N4. The van der Waals surface area contributed by atoms with Gasteiger partial charge in [-0.2, -0.15) is 0 Å². The summed E-state index contributed by atoms with van der Waals surface area (Å²) in [5.41, 5.74) is 1.95. The highest BCUT2D eigenvalue weighted by Gasteiger charge is 2.46. The van der Waals surface area contributed by atoms with Gasteiger partial charge in [0.15, 0.2) is 11.6 Å². The molecule has 0 atom stereocenters. The minimum Gasteiger partial charge on any atom is -0.307 e. The normalized spacial score (nSPS) is 21.7. The number of nitrogens with zero attached hydrogens (tertiary/aromatic N) is 4. The second-order valence-corrected chi connectivity index (χ2v) is 5.98. The first kappa shape index (κ1) is 10.7. The first-order valence-electron chi connectivity index (χ1n) is 7.37. The van der Waals surface area contributed by atoms with Gasteiger partial charge in [0.25, 0.3) is 0 Å². The van der Waals surface area contributed by atoms with Crippen LogP contribution in [0.15, 0.2) is 36.7 Å². The lowest BCUT2D eigenvalue weighted by atomic mass is 10.3. The van der Waals surface area contributed by atoms with E-state index in [0.717, 1.165) is 28.5 Å². The average molecular weight is 264 g/mol. The van der Waals surface area contributed by atoms with Crippen LogP contribution in [0.5, 0.6) is 0 Å². The first-order chi connectivity index (χ1) is 9.83. The maximum atomic E-state index is 4.87. The van der Waals surface area contributed by atoms with E-state index in [4.69, 9.17) is 9.97 Å². The molecule has 4 nitrogen and oxygen atoms in total. The van der Waals surface area contributed by atoms with Gasteiger partial charge in [0.2, 0.25) is 0 Å². The molecule has 100 valence electrons. The third-order valence-corrected chi connectivity index (χ3v) is 4.37. The SMILES string of the molecule is C=C1N(C2CC2)c2nc3ccccc3nc2N1C1CC1. The van der Waals surface area contributed by atoms with E-state index in [0.29, 0.717) is 12.1 Å². The van der Waals surface area contributed by atoms with E-state index in [1.165, 1.54) is 25.7 Å². The highest BCUT2D eigenvalue weighted by Crippen LogP contribution is 2.49. The Balaban J connectivity index is 1.75. The van der Waals surface area contributed by atoms with Gasteiger partial charge in [-0.05, 0) is 37.8 Å². The molecule has 0 saturated heterocycles. The lowest BCUT2D eigenvalue weighted by Crippen LogP contribution is -2.30. The van der Waals surface area contributed by atoms with Crippen molar-refractivity contribution in [3.05, 3.63) is 36.7 Å². The third kappa shape index (κ3) is 1.36. The Kier molecular flexibility index (Phi) is 1.87. The number of anilines is 2. The zero-order valence-electron chi connectivity index (χ0n) is 11.3. The zero-order valence-corrected chi connectivity index (χ0v) is 11.3. The topological polar surface area (TPSA) is 32.3 Å². The highest BCUT2D eigenvalue weighted by atomic mass is 15.5. The van der Waals surface area contributed by atoms with Gasteiger partial charge in [0.05, 0.1) is 11.0 Å². The van der Waals surface area contributed by atoms with Gasteiger partial charge < -0.3 is 9.80 Å². The first-order valence-corrected chi connectivity index (χ1v) is 7.37. The fraction of sp³-hybridized carbons (Fsp3) is 0.375. The smallest absolute Gasteiger partial charge is 0.178 e. The summed E-state index contributed by atoms with van der Waals surface area (Å²) >= 11 is 0. The van der Waals surface area contributed by atoms with Crippen molar-refractivity contribution in [1.82, 2.24) is 9.97 Å². The Labute approximate surface area is 117 Å². The molecule has 2 saturated carbocycles. The molecule has 0 radical (unpaired) electrons. The summed E-state index contributed by atoms with van der Waals surface area (Å²) in [7, 11) is 0. The van der Waals surface area contributed by atoms with Crippen LogP contribution in [-0.4, -0.2) is 22.1 Å². The van der Waals surface area contributed by atoms with Crippen molar-refractivity contribution in [2.75, 3.05) is 9.80 Å². The molecule has 0 bridgehead atoms. The monoisotopic (exact) mass is 264 g/mol. The molecule has 2 aliphatic carbocycles. The van der Waals surface area contributed by atoms with Gasteiger partial charge in [0.1, 0.15) is 5.82 Å². The number of hydrogen-bond donors (Lipinski definition) is 0. The minimum atomic E-state index is 0.584. The summed E-state index contributed by atoms with van der Waals surface area (Å²) < 4.78 is 0. The predicted molar refractivity (Wildman–Crippen MR) is 79.7 cm³/mol. The Bertz CT molecular complexity index is 670. The van der Waals surface area contributed by atoms with Crippen LogP contribution in [0.25, 0.3) is 11.0 Å². The van der Waals surface area contributed by atoms with Crippen molar-refractivity contribution in [1.29, 1.82) is 0 Å². The standard InChI is InChI=1S/C16H16N4/c1-10-19(11-6-7-11)15-16(20(10)12-8-9-12)18-14-5-3-2-4-13(14)17-15/h2-5,11-12H,1,6-9H2. The highest BCUT2D eigenvalue weighted by molar-refractivity contribution is 5.86. The Hall–Kier alpha value is -2.10. The molecule has 1 aliphatic heterocycles. The van der Waals surface area contributed by atoms with Crippen molar-refractivity contribution in [2.24, 2.45) is 0 Å². The maximum absolute atomic E-state index is 4.87. The number of para-hydroxylation sites is 2. The van der Waals surface area contributed by atoms with Crippen LogP contribution in [0, 0.1) is 0 Å². The van der Waals surface area contributed by atoms with E-state index in [-0.39, 0.29) is 0 Å². The molecular weight excluding hydrogens is 248 g/mol. The second-order valence-electron chi connectivity index (χ2n) is 5.98. The lowest BCUT2D eigenvalue weighted by molar-refractivity contribution is 0.845. The molecule has 5 rings (SSSR count). The molecule has 20 heavy (non-hydrogen) atoms. The number of benzene rings is 1. The zero-order chi connectivity index (χ0) is 13.3. The summed E-state index contributed by atoms with van der Waals surface area (Å²) in [6.07, 6.45) is 4.97. The molecule has 1 aromatic heterocycles. The van der Waals surface area contributed by atoms with Crippen LogP contribution in [0.4, 0.5) is 11.6 Å². The molecule has 2 heterocycles. The Morgan fingerprint density at radius 1 is 0.850 bits per heavy atom. The third-order valence-electron chi connectivity index (χ3n) is 4.37. The maximum Gasteiger partial charge on any atom is 0.178 e. The Morgan fingerprint density at radius 2 is 1.30 bits per heavy atom. The molecule has 1 aromatic carbocycles. The molecule has 3 aliphatic rings. The predicted octanol–water partition coefficient (Wildman–Crippen LogP) is 3.05. The molecule has 2 aromatic rings. The fourth-order valence-corrected chi connectivity index (χ4v) is 3.10. The molecule has 0 spiro atoms. The number of hydrogen-bond acceptors (Lipinski definition) is 4. The van der Waals surface area contributed by atoms with E-state index in [1.807, 2.05) is 24.3 Å². The van der Waals surface area contributed by atoms with E-state index < -0.39 is 0 Å². The molecule has 0 amide bonds. The van der Waals surface area contributed by atoms with Crippen LogP contribution in [0.2, 0.25) is 0 Å². The Morgan fingerprint density at radius 3 is 1.70 bits per heavy atom. The number of fused-ring (bicyclic) bond motifs is 2.